The summed E-state index contributed by atoms with van der Waals surface area (Å²) in [5.74, 6) is -1.29. The van der Waals surface area contributed by atoms with E-state index in [0.717, 1.165) is 25.2 Å². The van der Waals surface area contributed by atoms with Crippen LogP contribution in [0.5, 0.6) is 0 Å². The zero-order valence-electron chi connectivity index (χ0n) is 17.9. The lowest BCUT2D eigenvalue weighted by molar-refractivity contribution is -0.123. The van der Waals surface area contributed by atoms with Gasteiger partial charge in [0.05, 0.1) is 24.0 Å². The number of halogens is 2. The summed E-state index contributed by atoms with van der Waals surface area (Å²) in [6.45, 7) is 10.4. The van der Waals surface area contributed by atoms with Crippen LogP contribution in [0.2, 0.25) is 0 Å². The maximum absolute atomic E-state index is 13.9. The largest absolute Gasteiger partial charge is 0.441 e. The molecular formula is C22H29F2N3O3. The third kappa shape index (κ3) is 5.43. The van der Waals surface area contributed by atoms with E-state index in [9.17, 15) is 13.6 Å². The van der Waals surface area contributed by atoms with E-state index in [4.69, 9.17) is 9.15 Å². The number of ether oxygens (including phenoxy) is 1. The zero-order valence-corrected chi connectivity index (χ0v) is 17.9. The summed E-state index contributed by atoms with van der Waals surface area (Å²) in [5.41, 5.74) is -0.461. The van der Waals surface area contributed by atoms with Crippen molar-refractivity contribution in [2.45, 2.75) is 58.3 Å². The van der Waals surface area contributed by atoms with Crippen molar-refractivity contribution in [1.29, 1.82) is 0 Å². The molecule has 0 saturated carbocycles. The Kier molecular flexibility index (Phi) is 6.88. The van der Waals surface area contributed by atoms with E-state index < -0.39 is 11.6 Å². The number of amides is 1. The van der Waals surface area contributed by atoms with Gasteiger partial charge in [0, 0.05) is 38.0 Å². The summed E-state index contributed by atoms with van der Waals surface area (Å²) >= 11 is 0. The van der Waals surface area contributed by atoms with Crippen molar-refractivity contribution in [3.05, 3.63) is 41.9 Å². The van der Waals surface area contributed by atoms with E-state index in [2.05, 4.69) is 42.9 Å². The number of morpholine rings is 1. The van der Waals surface area contributed by atoms with Crippen LogP contribution in [0.1, 0.15) is 40.0 Å². The highest BCUT2D eigenvalue weighted by Crippen LogP contribution is 2.27. The number of carbonyl (C=O) groups excluding carboxylic acids is 1. The van der Waals surface area contributed by atoms with Gasteiger partial charge in [-0.2, -0.15) is 0 Å². The lowest BCUT2D eigenvalue weighted by Gasteiger charge is -2.45. The minimum Gasteiger partial charge on any atom is -0.441 e. The average molecular weight is 421 g/mol. The molecule has 0 bridgehead atoms. The molecule has 3 rings (SSSR count). The van der Waals surface area contributed by atoms with Crippen LogP contribution in [-0.2, 0) is 16.0 Å². The van der Waals surface area contributed by atoms with Gasteiger partial charge in [-0.05, 0) is 39.8 Å². The number of oxazole rings is 1. The second kappa shape index (κ2) is 9.22. The van der Waals surface area contributed by atoms with Crippen LogP contribution >= 0.6 is 0 Å². The number of aromatic nitrogens is 1. The Morgan fingerprint density at radius 3 is 2.50 bits per heavy atom. The van der Waals surface area contributed by atoms with E-state index in [-0.39, 0.29) is 53.7 Å². The SMILES string of the molecule is C[C@@H]1CN(C(C)(C)CNC(=O)CCc2ncc(-c3c(F)cccc3F)o2)C[C@@H](C)O1. The number of rotatable bonds is 7. The molecule has 1 aliphatic rings. The van der Waals surface area contributed by atoms with Gasteiger partial charge in [0.2, 0.25) is 5.91 Å². The molecule has 0 aliphatic carbocycles. The van der Waals surface area contributed by atoms with E-state index >= 15 is 0 Å². The van der Waals surface area contributed by atoms with Crippen LogP contribution in [0.3, 0.4) is 0 Å². The first-order valence-electron chi connectivity index (χ1n) is 10.2. The van der Waals surface area contributed by atoms with Gasteiger partial charge in [0.1, 0.15) is 11.6 Å². The van der Waals surface area contributed by atoms with Crippen molar-refractivity contribution in [1.82, 2.24) is 15.2 Å². The Bertz CT molecular complexity index is 854. The van der Waals surface area contributed by atoms with Gasteiger partial charge in [-0.25, -0.2) is 13.8 Å². The van der Waals surface area contributed by atoms with Gasteiger partial charge in [-0.3, -0.25) is 9.69 Å². The Morgan fingerprint density at radius 1 is 1.23 bits per heavy atom. The van der Waals surface area contributed by atoms with E-state index in [1.807, 2.05) is 0 Å². The second-order valence-electron chi connectivity index (χ2n) is 8.47. The molecule has 1 amide bonds. The number of carbonyl (C=O) groups is 1. The molecule has 0 radical (unpaired) electrons. The molecule has 1 aliphatic heterocycles. The maximum atomic E-state index is 13.9. The standard InChI is InChI=1S/C22H29F2N3O3/c1-14-11-27(12-15(2)29-14)22(3,4)13-26-19(28)8-9-20-25-10-18(30-20)21-16(23)6-5-7-17(21)24/h5-7,10,14-15H,8-9,11-13H2,1-4H3,(H,26,28)/t14-,15-/m1/s1. The maximum Gasteiger partial charge on any atom is 0.220 e. The molecule has 30 heavy (non-hydrogen) atoms. The molecule has 2 heterocycles. The number of aryl methyl sites for hydroxylation is 1. The minimum absolute atomic E-state index is 0.0118. The summed E-state index contributed by atoms with van der Waals surface area (Å²) in [6.07, 6.45) is 2.00. The Labute approximate surface area is 175 Å². The van der Waals surface area contributed by atoms with E-state index in [1.54, 1.807) is 0 Å². The van der Waals surface area contributed by atoms with E-state index in [0.29, 0.717) is 6.54 Å². The topological polar surface area (TPSA) is 67.6 Å². The quantitative estimate of drug-likeness (QED) is 0.741. The van der Waals surface area contributed by atoms with Gasteiger partial charge in [0.25, 0.3) is 0 Å². The molecule has 1 N–H and O–H groups in total. The highest BCUT2D eigenvalue weighted by molar-refractivity contribution is 5.76. The van der Waals surface area contributed by atoms with Crippen molar-refractivity contribution in [2.24, 2.45) is 0 Å². The van der Waals surface area contributed by atoms with Crippen molar-refractivity contribution in [3.63, 3.8) is 0 Å². The average Bonchev–Trinajstić information content (AvgIpc) is 3.12. The number of benzene rings is 1. The van der Waals surface area contributed by atoms with Crippen LogP contribution in [-0.4, -0.2) is 53.2 Å². The van der Waals surface area contributed by atoms with Gasteiger partial charge in [-0.15, -0.1) is 0 Å². The van der Waals surface area contributed by atoms with Crippen molar-refractivity contribution >= 4 is 5.91 Å². The lowest BCUT2D eigenvalue weighted by atomic mass is 10.00. The first kappa shape index (κ1) is 22.4. The highest BCUT2D eigenvalue weighted by atomic mass is 19.1. The van der Waals surface area contributed by atoms with Crippen molar-refractivity contribution in [2.75, 3.05) is 19.6 Å². The fourth-order valence-electron chi connectivity index (χ4n) is 3.68. The Balaban J connectivity index is 1.51. The normalized spacial score (nSPS) is 20.3. The van der Waals surface area contributed by atoms with Crippen molar-refractivity contribution < 1.29 is 22.7 Å². The Hall–Kier alpha value is -2.32. The first-order chi connectivity index (χ1) is 14.2. The molecule has 0 unspecified atom stereocenters. The summed E-state index contributed by atoms with van der Waals surface area (Å²) in [6, 6.07) is 3.60. The number of nitrogens with zero attached hydrogens (tertiary/aromatic N) is 2. The zero-order chi connectivity index (χ0) is 21.9. The van der Waals surface area contributed by atoms with Gasteiger partial charge in [-0.1, -0.05) is 6.07 Å². The highest BCUT2D eigenvalue weighted by Gasteiger charge is 2.33. The first-order valence-corrected chi connectivity index (χ1v) is 10.2. The third-order valence-corrected chi connectivity index (χ3v) is 5.32. The smallest absolute Gasteiger partial charge is 0.220 e. The van der Waals surface area contributed by atoms with Crippen LogP contribution in [0.25, 0.3) is 11.3 Å². The Morgan fingerprint density at radius 2 is 1.87 bits per heavy atom. The molecule has 2 atom stereocenters. The summed E-state index contributed by atoms with van der Waals surface area (Å²) in [7, 11) is 0. The summed E-state index contributed by atoms with van der Waals surface area (Å²) < 4.78 is 39.0. The molecule has 1 aromatic carbocycles. The predicted octanol–water partition coefficient (Wildman–Crippen LogP) is 3.56. The number of hydrogen-bond donors (Lipinski definition) is 1. The second-order valence-corrected chi connectivity index (χ2v) is 8.47. The van der Waals surface area contributed by atoms with Gasteiger partial charge >= 0.3 is 0 Å². The van der Waals surface area contributed by atoms with Crippen LogP contribution in [0.4, 0.5) is 8.78 Å². The molecule has 1 saturated heterocycles. The van der Waals surface area contributed by atoms with Crippen molar-refractivity contribution in [3.8, 4) is 11.3 Å². The molecule has 164 valence electrons. The molecule has 2 aromatic rings. The fraction of sp³-hybridized carbons (Fsp3) is 0.545. The summed E-state index contributed by atoms with van der Waals surface area (Å²) in [5, 5.41) is 2.97. The molecule has 1 fully saturated rings. The van der Waals surface area contributed by atoms with Crippen LogP contribution in [0.15, 0.2) is 28.8 Å². The molecule has 6 nitrogen and oxygen atoms in total. The number of nitrogens with one attached hydrogen (secondary N) is 1. The van der Waals surface area contributed by atoms with Gasteiger partial charge in [0.15, 0.2) is 11.7 Å². The molecular weight excluding hydrogens is 392 g/mol. The molecule has 1 aromatic heterocycles. The molecule has 8 heteroatoms. The minimum atomic E-state index is -0.718. The van der Waals surface area contributed by atoms with Crippen LogP contribution in [0, 0.1) is 11.6 Å². The number of hydrogen-bond acceptors (Lipinski definition) is 5. The lowest BCUT2D eigenvalue weighted by Crippen LogP contribution is -2.58. The van der Waals surface area contributed by atoms with Gasteiger partial charge < -0.3 is 14.5 Å². The van der Waals surface area contributed by atoms with E-state index in [1.165, 1.54) is 12.3 Å². The molecule has 0 spiro atoms. The predicted molar refractivity (Wildman–Crippen MR) is 109 cm³/mol. The third-order valence-electron chi connectivity index (χ3n) is 5.32. The fourth-order valence-corrected chi connectivity index (χ4v) is 3.68. The monoisotopic (exact) mass is 421 g/mol. The van der Waals surface area contributed by atoms with Crippen LogP contribution < -0.4 is 5.32 Å². The summed E-state index contributed by atoms with van der Waals surface area (Å²) in [4.78, 5) is 18.7.